The Labute approximate surface area is 184 Å². The number of rotatable bonds is 6. The van der Waals surface area contributed by atoms with Crippen molar-refractivity contribution in [1.29, 1.82) is 0 Å². The quantitative estimate of drug-likeness (QED) is 0.715. The van der Waals surface area contributed by atoms with Gasteiger partial charge in [-0.1, -0.05) is 18.2 Å². The number of fused-ring (bicyclic) bond motifs is 1. The molecule has 170 valence electrons. The minimum absolute atomic E-state index is 0.0769. The maximum absolute atomic E-state index is 12.7. The van der Waals surface area contributed by atoms with E-state index in [0.29, 0.717) is 31.8 Å². The number of nitrogens with one attached hydrogen (secondary N) is 2. The van der Waals surface area contributed by atoms with Gasteiger partial charge in [-0.25, -0.2) is 4.79 Å². The largest absolute Gasteiger partial charge is 0.492 e. The predicted molar refractivity (Wildman–Crippen MR) is 117 cm³/mol. The number of benzene rings is 1. The Balaban J connectivity index is 1.19. The van der Waals surface area contributed by atoms with Gasteiger partial charge in [-0.2, -0.15) is 0 Å². The maximum Gasteiger partial charge on any atom is 0.409 e. The lowest BCUT2D eigenvalue weighted by Crippen LogP contribution is -2.61. The summed E-state index contributed by atoms with van der Waals surface area (Å²) in [6, 6.07) is 8.92. The molecule has 0 bridgehead atoms. The third kappa shape index (κ3) is 5.68. The van der Waals surface area contributed by atoms with Crippen molar-refractivity contribution in [3.8, 4) is 5.75 Å². The summed E-state index contributed by atoms with van der Waals surface area (Å²) in [4.78, 5) is 28.5. The molecule has 0 unspecified atom stereocenters. The van der Waals surface area contributed by atoms with Crippen molar-refractivity contribution in [2.24, 2.45) is 0 Å². The average molecular weight is 431 g/mol. The summed E-state index contributed by atoms with van der Waals surface area (Å²) in [6.45, 7) is 6.15. The summed E-state index contributed by atoms with van der Waals surface area (Å²) in [5.74, 6) is 0.996. The van der Waals surface area contributed by atoms with Gasteiger partial charge in [0.05, 0.1) is 13.2 Å². The molecule has 2 aliphatic heterocycles. The first-order valence-corrected chi connectivity index (χ1v) is 11.5. The molecule has 8 nitrogen and oxygen atoms in total. The third-order valence-corrected chi connectivity index (χ3v) is 6.49. The third-order valence-electron chi connectivity index (χ3n) is 6.49. The Bertz CT molecular complexity index is 766. The van der Waals surface area contributed by atoms with Crippen LogP contribution >= 0.6 is 0 Å². The number of nitrogens with zero attached hydrogens (tertiary/aromatic N) is 2. The van der Waals surface area contributed by atoms with Crippen LogP contribution < -0.4 is 15.4 Å². The SMILES string of the molecule is CCOC(=O)N1CCC(N[C@@H]2CC[C@@H]2NC(=O)CN2CCOc3ccccc3C2)CC1. The number of carbonyl (C=O) groups excluding carboxylic acids is 2. The van der Waals surface area contributed by atoms with Crippen molar-refractivity contribution in [2.75, 3.05) is 39.4 Å². The summed E-state index contributed by atoms with van der Waals surface area (Å²) in [6.07, 6.45) is 3.72. The molecule has 1 aliphatic carbocycles. The summed E-state index contributed by atoms with van der Waals surface area (Å²) in [5, 5.41) is 6.92. The lowest BCUT2D eigenvalue weighted by atomic mass is 9.85. The number of likely N-dealkylation sites (tertiary alicyclic amines) is 1. The summed E-state index contributed by atoms with van der Waals surface area (Å²) in [5.41, 5.74) is 1.13. The fraction of sp³-hybridized carbons (Fsp3) is 0.652. The van der Waals surface area contributed by atoms with Crippen LogP contribution in [0.15, 0.2) is 24.3 Å². The second kappa shape index (κ2) is 10.3. The molecule has 2 amide bonds. The molecule has 3 aliphatic rings. The fourth-order valence-corrected chi connectivity index (χ4v) is 4.59. The summed E-state index contributed by atoms with van der Waals surface area (Å²) < 4.78 is 10.9. The van der Waals surface area contributed by atoms with Crippen LogP contribution in [-0.2, 0) is 16.1 Å². The lowest BCUT2D eigenvalue weighted by molar-refractivity contribution is -0.124. The summed E-state index contributed by atoms with van der Waals surface area (Å²) >= 11 is 0. The molecule has 31 heavy (non-hydrogen) atoms. The first-order chi connectivity index (χ1) is 15.1. The van der Waals surface area contributed by atoms with E-state index in [-0.39, 0.29) is 18.0 Å². The van der Waals surface area contributed by atoms with Gasteiger partial charge in [0.15, 0.2) is 0 Å². The fourth-order valence-electron chi connectivity index (χ4n) is 4.59. The van der Waals surface area contributed by atoms with Gasteiger partial charge in [0.1, 0.15) is 12.4 Å². The molecule has 0 spiro atoms. The Kier molecular flexibility index (Phi) is 7.29. The monoisotopic (exact) mass is 430 g/mol. The highest BCUT2D eigenvalue weighted by Crippen LogP contribution is 2.24. The van der Waals surface area contributed by atoms with E-state index in [1.165, 1.54) is 0 Å². The zero-order valence-corrected chi connectivity index (χ0v) is 18.3. The number of para-hydroxylation sites is 1. The van der Waals surface area contributed by atoms with Crippen LogP contribution in [0.3, 0.4) is 0 Å². The predicted octanol–water partition coefficient (Wildman–Crippen LogP) is 1.74. The van der Waals surface area contributed by atoms with Gasteiger partial charge < -0.3 is 25.0 Å². The van der Waals surface area contributed by atoms with Gasteiger partial charge in [0.25, 0.3) is 0 Å². The minimum Gasteiger partial charge on any atom is -0.492 e. The van der Waals surface area contributed by atoms with Crippen molar-refractivity contribution in [3.05, 3.63) is 29.8 Å². The van der Waals surface area contributed by atoms with Crippen LogP contribution in [0.5, 0.6) is 5.75 Å². The van der Waals surface area contributed by atoms with E-state index in [4.69, 9.17) is 9.47 Å². The molecule has 2 atom stereocenters. The number of amides is 2. The Morgan fingerprint density at radius 1 is 1.10 bits per heavy atom. The number of ether oxygens (including phenoxy) is 2. The van der Waals surface area contributed by atoms with Crippen molar-refractivity contribution >= 4 is 12.0 Å². The van der Waals surface area contributed by atoms with Gasteiger partial charge in [-0.05, 0) is 38.7 Å². The highest BCUT2D eigenvalue weighted by Gasteiger charge is 2.35. The van der Waals surface area contributed by atoms with Crippen molar-refractivity contribution < 1.29 is 19.1 Å². The van der Waals surface area contributed by atoms with Crippen LogP contribution in [0.25, 0.3) is 0 Å². The Morgan fingerprint density at radius 3 is 2.61 bits per heavy atom. The standard InChI is InChI=1S/C23H34N4O4/c1-2-30-23(29)27-11-9-18(10-12-27)24-19-7-8-20(19)25-22(28)16-26-13-14-31-21-6-4-3-5-17(21)15-26/h3-6,18-20,24H,2,7-16H2,1H3,(H,25,28)/t19-,20+/m1/s1. The average Bonchev–Trinajstić information content (AvgIpc) is 2.97. The van der Waals surface area contributed by atoms with Gasteiger partial charge in [0, 0.05) is 49.9 Å². The van der Waals surface area contributed by atoms with Crippen LogP contribution in [0.1, 0.15) is 38.2 Å². The molecule has 1 aromatic carbocycles. The van der Waals surface area contributed by atoms with Gasteiger partial charge >= 0.3 is 6.09 Å². The first-order valence-electron chi connectivity index (χ1n) is 11.5. The van der Waals surface area contributed by atoms with E-state index in [1.807, 2.05) is 25.1 Å². The lowest BCUT2D eigenvalue weighted by Gasteiger charge is -2.42. The van der Waals surface area contributed by atoms with E-state index in [9.17, 15) is 9.59 Å². The van der Waals surface area contributed by atoms with Gasteiger partial charge in [0.2, 0.25) is 5.91 Å². The molecule has 1 saturated heterocycles. The zero-order chi connectivity index (χ0) is 21.6. The molecule has 8 heteroatoms. The molecule has 0 radical (unpaired) electrons. The van der Waals surface area contributed by atoms with E-state index in [2.05, 4.69) is 21.6 Å². The van der Waals surface area contributed by atoms with Crippen LogP contribution in [-0.4, -0.2) is 79.3 Å². The smallest absolute Gasteiger partial charge is 0.409 e. The van der Waals surface area contributed by atoms with Gasteiger partial charge in [-0.3, -0.25) is 9.69 Å². The second-order valence-corrected chi connectivity index (χ2v) is 8.65. The molecule has 0 aromatic heterocycles. The van der Waals surface area contributed by atoms with E-state index in [0.717, 1.165) is 63.2 Å². The molecule has 2 fully saturated rings. The molecule has 4 rings (SSSR count). The van der Waals surface area contributed by atoms with Gasteiger partial charge in [-0.15, -0.1) is 0 Å². The van der Waals surface area contributed by atoms with Crippen LogP contribution in [0, 0.1) is 0 Å². The van der Waals surface area contributed by atoms with Crippen molar-refractivity contribution in [2.45, 2.75) is 57.3 Å². The Morgan fingerprint density at radius 2 is 1.87 bits per heavy atom. The maximum atomic E-state index is 12.7. The van der Waals surface area contributed by atoms with E-state index < -0.39 is 0 Å². The number of hydrogen-bond acceptors (Lipinski definition) is 6. The van der Waals surface area contributed by atoms with E-state index in [1.54, 1.807) is 4.90 Å². The van der Waals surface area contributed by atoms with Crippen LogP contribution in [0.2, 0.25) is 0 Å². The Hall–Kier alpha value is -2.32. The summed E-state index contributed by atoms with van der Waals surface area (Å²) in [7, 11) is 0. The molecule has 2 N–H and O–H groups in total. The molecule has 1 saturated carbocycles. The number of carbonyl (C=O) groups is 2. The van der Waals surface area contributed by atoms with Crippen LogP contribution in [0.4, 0.5) is 4.79 Å². The molecular weight excluding hydrogens is 396 g/mol. The second-order valence-electron chi connectivity index (χ2n) is 8.65. The highest BCUT2D eigenvalue weighted by atomic mass is 16.6. The number of piperidine rings is 1. The molecular formula is C23H34N4O4. The molecule has 1 aromatic rings. The molecule has 2 heterocycles. The minimum atomic E-state index is -0.212. The zero-order valence-electron chi connectivity index (χ0n) is 18.3. The van der Waals surface area contributed by atoms with Crippen molar-refractivity contribution in [1.82, 2.24) is 20.4 Å². The highest BCUT2D eigenvalue weighted by molar-refractivity contribution is 5.78. The van der Waals surface area contributed by atoms with E-state index >= 15 is 0 Å². The first kappa shape index (κ1) is 21.9. The number of hydrogen-bond donors (Lipinski definition) is 2. The topological polar surface area (TPSA) is 83.1 Å². The van der Waals surface area contributed by atoms with Crippen molar-refractivity contribution in [3.63, 3.8) is 0 Å². The normalized spacial score (nSPS) is 24.4.